The van der Waals surface area contributed by atoms with Crippen molar-refractivity contribution in [2.24, 2.45) is 0 Å². The van der Waals surface area contributed by atoms with E-state index in [1.54, 1.807) is 75.1 Å². The van der Waals surface area contributed by atoms with E-state index < -0.39 is 22.8 Å². The third-order valence-electron chi connectivity index (χ3n) is 5.92. The molecule has 3 rings (SSSR count). The van der Waals surface area contributed by atoms with Gasteiger partial charge < -0.3 is 20.1 Å². The average molecular weight is 480 g/mol. The maximum Gasteiger partial charge on any atom is 0.336 e. The number of allylic oxidation sites excluding steroid dienone is 2. The quantitative estimate of drug-likeness (QED) is 0.255. The second-order valence-electron chi connectivity index (χ2n) is 8.01. The number of anilines is 1. The highest BCUT2D eigenvalue weighted by molar-refractivity contribution is 6.00. The summed E-state index contributed by atoms with van der Waals surface area (Å²) in [6.45, 7) is 7.23. The largest absolute Gasteiger partial charge is 0.463 e. The van der Waals surface area contributed by atoms with Crippen LogP contribution in [0.2, 0.25) is 0 Å². The van der Waals surface area contributed by atoms with Crippen molar-refractivity contribution in [1.82, 2.24) is 4.90 Å². The van der Waals surface area contributed by atoms with Crippen molar-refractivity contribution in [2.45, 2.75) is 40.2 Å². The Hall–Kier alpha value is -4.14. The summed E-state index contributed by atoms with van der Waals surface area (Å²) in [5.41, 5.74) is 9.09. The highest BCUT2D eigenvalue weighted by Crippen LogP contribution is 2.44. The maximum atomic E-state index is 13.3. The van der Waals surface area contributed by atoms with Gasteiger partial charge in [-0.25, -0.2) is 9.59 Å². The van der Waals surface area contributed by atoms with Gasteiger partial charge in [0.2, 0.25) is 0 Å². The van der Waals surface area contributed by atoms with Crippen molar-refractivity contribution >= 4 is 23.3 Å². The first-order valence-electron chi connectivity index (χ1n) is 11.3. The Morgan fingerprint density at radius 3 is 2.06 bits per heavy atom. The van der Waals surface area contributed by atoms with E-state index in [0.717, 1.165) is 0 Å². The average Bonchev–Trinajstić information content (AvgIpc) is 2.81. The molecule has 1 aliphatic rings. The Morgan fingerprint density at radius 1 is 0.971 bits per heavy atom. The first-order valence-corrected chi connectivity index (χ1v) is 11.3. The van der Waals surface area contributed by atoms with Gasteiger partial charge in [0.1, 0.15) is 0 Å². The number of esters is 2. The number of hydrogen-bond donors (Lipinski definition) is 1. The van der Waals surface area contributed by atoms with Crippen LogP contribution in [0.1, 0.15) is 44.7 Å². The molecule has 2 aromatic carbocycles. The highest BCUT2D eigenvalue weighted by Gasteiger charge is 2.41. The number of nitro benzene ring substituents is 1. The van der Waals surface area contributed by atoms with Gasteiger partial charge in [-0.05, 0) is 45.4 Å². The van der Waals surface area contributed by atoms with E-state index in [0.29, 0.717) is 28.2 Å². The second kappa shape index (κ2) is 10.9. The van der Waals surface area contributed by atoms with Gasteiger partial charge in [0.05, 0.1) is 41.7 Å². The fourth-order valence-corrected chi connectivity index (χ4v) is 4.36. The molecule has 9 heteroatoms. The lowest BCUT2D eigenvalue weighted by molar-refractivity contribution is -0.385. The van der Waals surface area contributed by atoms with Crippen LogP contribution in [0, 0.1) is 10.1 Å². The molecule has 1 aliphatic heterocycles. The molecule has 0 fully saturated rings. The molecule has 0 saturated carbocycles. The van der Waals surface area contributed by atoms with E-state index in [-0.39, 0.29) is 36.6 Å². The van der Waals surface area contributed by atoms with E-state index in [1.807, 2.05) is 0 Å². The summed E-state index contributed by atoms with van der Waals surface area (Å²) >= 11 is 0. The number of nitrogens with zero attached hydrogens (tertiary/aromatic N) is 2. The number of nitro groups is 1. The molecule has 0 amide bonds. The van der Waals surface area contributed by atoms with Gasteiger partial charge in [-0.15, -0.1) is 0 Å². The van der Waals surface area contributed by atoms with Crippen LogP contribution in [0.15, 0.2) is 71.1 Å². The van der Waals surface area contributed by atoms with Crippen LogP contribution in [-0.2, 0) is 25.6 Å². The number of hydrogen-bond acceptors (Lipinski definition) is 8. The van der Waals surface area contributed by atoms with Crippen molar-refractivity contribution in [1.29, 1.82) is 0 Å². The van der Waals surface area contributed by atoms with E-state index in [2.05, 4.69) is 0 Å². The number of carbonyl (C=O) groups is 2. The molecule has 2 aromatic rings. The summed E-state index contributed by atoms with van der Waals surface area (Å²) in [7, 11) is 0. The molecule has 2 N–H and O–H groups in total. The molecule has 0 unspecified atom stereocenters. The normalized spacial score (nSPS) is 14.2. The zero-order valence-electron chi connectivity index (χ0n) is 20.2. The molecular weight excluding hydrogens is 450 g/mol. The van der Waals surface area contributed by atoms with E-state index in [9.17, 15) is 19.7 Å². The Kier molecular flexibility index (Phi) is 7.91. The Morgan fingerprint density at radius 2 is 1.54 bits per heavy atom. The maximum absolute atomic E-state index is 13.3. The number of nitrogens with two attached hydrogens (primary N) is 1. The summed E-state index contributed by atoms with van der Waals surface area (Å²) in [6, 6.07) is 13.3. The monoisotopic (exact) mass is 479 g/mol. The molecule has 0 atom stereocenters. The van der Waals surface area contributed by atoms with Crippen LogP contribution in [-0.4, -0.2) is 35.0 Å². The standard InChI is InChI=1S/C26H29N3O6/c1-5-34-25(30)22-16(3)28(15-19-10-7-8-13-21(19)29(32)33)17(4)23(26(31)35-6-2)24(22)18-11-9-12-20(27)14-18/h7-14,24H,5-6,15,27H2,1-4H3. The summed E-state index contributed by atoms with van der Waals surface area (Å²) < 4.78 is 10.8. The smallest absolute Gasteiger partial charge is 0.336 e. The number of rotatable bonds is 8. The SMILES string of the molecule is CCOC(=O)C1=C(C)N(Cc2ccccc2[N+](=O)[O-])C(C)=C(C(=O)OCC)C1c1cccc(N)c1. The van der Waals surface area contributed by atoms with Gasteiger partial charge in [-0.2, -0.15) is 0 Å². The van der Waals surface area contributed by atoms with Crippen molar-refractivity contribution in [3.63, 3.8) is 0 Å². The zero-order chi connectivity index (χ0) is 25.7. The molecular formula is C26H29N3O6. The minimum atomic E-state index is -0.779. The van der Waals surface area contributed by atoms with Gasteiger partial charge in [-0.1, -0.05) is 30.3 Å². The molecule has 1 heterocycles. The van der Waals surface area contributed by atoms with Gasteiger partial charge in [-0.3, -0.25) is 10.1 Å². The van der Waals surface area contributed by atoms with Crippen molar-refractivity contribution in [2.75, 3.05) is 18.9 Å². The Balaban J connectivity index is 2.27. The number of benzene rings is 2. The fraction of sp³-hybridized carbons (Fsp3) is 0.308. The first kappa shape index (κ1) is 25.5. The lowest BCUT2D eigenvalue weighted by Crippen LogP contribution is -2.35. The fourth-order valence-electron chi connectivity index (χ4n) is 4.36. The van der Waals surface area contributed by atoms with Crippen molar-refractivity contribution < 1.29 is 24.0 Å². The van der Waals surface area contributed by atoms with Crippen LogP contribution >= 0.6 is 0 Å². The van der Waals surface area contributed by atoms with Crippen LogP contribution < -0.4 is 5.73 Å². The summed E-state index contributed by atoms with van der Waals surface area (Å²) in [5.74, 6) is -1.95. The van der Waals surface area contributed by atoms with E-state index in [1.165, 1.54) is 6.07 Å². The van der Waals surface area contributed by atoms with Gasteiger partial charge in [0.25, 0.3) is 5.69 Å². The lowest BCUT2D eigenvalue weighted by Gasteiger charge is -2.38. The summed E-state index contributed by atoms with van der Waals surface area (Å²) in [6.07, 6.45) is 0. The molecule has 0 bridgehead atoms. The number of ether oxygens (including phenoxy) is 2. The zero-order valence-corrected chi connectivity index (χ0v) is 20.2. The van der Waals surface area contributed by atoms with E-state index >= 15 is 0 Å². The van der Waals surface area contributed by atoms with E-state index in [4.69, 9.17) is 15.2 Å². The van der Waals surface area contributed by atoms with Crippen molar-refractivity contribution in [3.8, 4) is 0 Å². The number of para-hydroxylation sites is 1. The third-order valence-corrected chi connectivity index (χ3v) is 5.92. The number of carbonyl (C=O) groups excluding carboxylic acids is 2. The number of nitrogen functional groups attached to an aromatic ring is 1. The predicted octanol–water partition coefficient (Wildman–Crippen LogP) is 4.45. The Bertz CT molecular complexity index is 1180. The molecule has 35 heavy (non-hydrogen) atoms. The molecule has 0 saturated heterocycles. The minimum Gasteiger partial charge on any atom is -0.463 e. The third kappa shape index (κ3) is 5.18. The summed E-state index contributed by atoms with van der Waals surface area (Å²) in [5, 5.41) is 11.6. The topological polar surface area (TPSA) is 125 Å². The Labute approximate surface area is 204 Å². The minimum absolute atomic E-state index is 0.0542. The van der Waals surface area contributed by atoms with Crippen LogP contribution in [0.5, 0.6) is 0 Å². The second-order valence-corrected chi connectivity index (χ2v) is 8.01. The predicted molar refractivity (Wildman–Crippen MR) is 131 cm³/mol. The van der Waals surface area contributed by atoms with Crippen LogP contribution in [0.3, 0.4) is 0 Å². The van der Waals surface area contributed by atoms with Crippen LogP contribution in [0.25, 0.3) is 0 Å². The van der Waals surface area contributed by atoms with Gasteiger partial charge in [0, 0.05) is 28.7 Å². The molecule has 0 radical (unpaired) electrons. The van der Waals surface area contributed by atoms with Gasteiger partial charge >= 0.3 is 11.9 Å². The van der Waals surface area contributed by atoms with Crippen LogP contribution in [0.4, 0.5) is 11.4 Å². The lowest BCUT2D eigenvalue weighted by atomic mass is 9.79. The summed E-state index contributed by atoms with van der Waals surface area (Å²) in [4.78, 5) is 39.4. The molecule has 0 aliphatic carbocycles. The molecule has 0 aromatic heterocycles. The van der Waals surface area contributed by atoms with Crippen molar-refractivity contribution in [3.05, 3.63) is 92.3 Å². The molecule has 184 valence electrons. The molecule has 9 nitrogen and oxygen atoms in total. The highest BCUT2D eigenvalue weighted by atomic mass is 16.6. The first-order chi connectivity index (χ1) is 16.7. The molecule has 0 spiro atoms. The van der Waals surface area contributed by atoms with Gasteiger partial charge in [0.15, 0.2) is 0 Å².